The van der Waals surface area contributed by atoms with Crippen LogP contribution in [0.25, 0.3) is 0 Å². The second kappa shape index (κ2) is 10.2. The number of nitrogens with one attached hydrogen (secondary N) is 1. The first-order chi connectivity index (χ1) is 11.7. The molecule has 0 unspecified atom stereocenters. The van der Waals surface area contributed by atoms with Gasteiger partial charge in [0.2, 0.25) is 0 Å². The Morgan fingerprint density at radius 2 is 1.76 bits per heavy atom. The quantitative estimate of drug-likeness (QED) is 0.229. The maximum absolute atomic E-state index is 12.5. The Labute approximate surface area is 146 Å². The lowest BCUT2D eigenvalue weighted by atomic mass is 10.1. The van der Waals surface area contributed by atoms with Crippen LogP contribution in [-0.4, -0.2) is 31.1 Å². The van der Waals surface area contributed by atoms with Gasteiger partial charge < -0.3 is 14.2 Å². The van der Waals surface area contributed by atoms with Gasteiger partial charge in [0.25, 0.3) is 5.90 Å². The minimum atomic E-state index is -4.83. The number of alkyl halides is 3. The van der Waals surface area contributed by atoms with Gasteiger partial charge >= 0.3 is 6.18 Å². The van der Waals surface area contributed by atoms with Crippen molar-refractivity contribution in [2.45, 2.75) is 45.8 Å². The molecule has 0 aliphatic heterocycles. The Morgan fingerprint density at radius 1 is 1.12 bits per heavy atom. The Morgan fingerprint density at radius 3 is 2.32 bits per heavy atom. The number of ether oxygens (including phenoxy) is 3. The lowest BCUT2D eigenvalue weighted by molar-refractivity contribution is -0.123. The van der Waals surface area contributed by atoms with Gasteiger partial charge in [-0.15, -0.1) is 0 Å². The van der Waals surface area contributed by atoms with E-state index in [2.05, 4.69) is 0 Å². The molecule has 0 saturated heterocycles. The fourth-order valence-electron chi connectivity index (χ4n) is 1.81. The van der Waals surface area contributed by atoms with E-state index in [1.165, 1.54) is 6.08 Å². The lowest BCUT2D eigenvalue weighted by Gasteiger charge is -2.23. The van der Waals surface area contributed by atoms with Crippen LogP contribution in [-0.2, 0) is 20.8 Å². The number of hydrogen-bond acceptors (Lipinski definition) is 4. The lowest BCUT2D eigenvalue weighted by Crippen LogP contribution is -2.35. The number of rotatable bonds is 9. The van der Waals surface area contributed by atoms with E-state index < -0.39 is 24.3 Å². The molecule has 4 nitrogen and oxygen atoms in total. The number of halogens is 3. The molecule has 0 aliphatic carbocycles. The summed E-state index contributed by atoms with van der Waals surface area (Å²) in [6.07, 6.45) is -3.38. The summed E-state index contributed by atoms with van der Waals surface area (Å²) < 4.78 is 53.1. The largest absolute Gasteiger partial charge is 0.467 e. The minimum absolute atomic E-state index is 0.0925. The average molecular weight is 359 g/mol. The molecule has 0 radical (unpaired) electrons. The van der Waals surface area contributed by atoms with Gasteiger partial charge in [-0.05, 0) is 24.5 Å². The molecule has 0 heterocycles. The monoisotopic (exact) mass is 359 g/mol. The maximum atomic E-state index is 12.5. The van der Waals surface area contributed by atoms with Crippen molar-refractivity contribution in [2.75, 3.05) is 6.79 Å². The summed E-state index contributed by atoms with van der Waals surface area (Å²) in [4.78, 5) is 0. The molecule has 140 valence electrons. The van der Waals surface area contributed by atoms with Crippen LogP contribution in [0.4, 0.5) is 13.2 Å². The highest BCUT2D eigenvalue weighted by atomic mass is 19.4. The zero-order valence-corrected chi connectivity index (χ0v) is 14.5. The van der Waals surface area contributed by atoms with E-state index in [4.69, 9.17) is 19.6 Å². The van der Waals surface area contributed by atoms with E-state index in [0.717, 1.165) is 5.56 Å². The van der Waals surface area contributed by atoms with Crippen LogP contribution in [0.5, 0.6) is 0 Å². The first-order valence-corrected chi connectivity index (χ1v) is 7.94. The summed E-state index contributed by atoms with van der Waals surface area (Å²) in [6.45, 7) is 5.59. The molecule has 1 N–H and O–H groups in total. The Bertz CT molecular complexity index is 544. The highest BCUT2D eigenvalue weighted by Crippen LogP contribution is 2.20. The van der Waals surface area contributed by atoms with Crippen LogP contribution in [0.15, 0.2) is 42.5 Å². The minimum Gasteiger partial charge on any atom is -0.464 e. The van der Waals surface area contributed by atoms with E-state index in [1.807, 2.05) is 44.2 Å². The molecule has 0 aliphatic rings. The molecule has 0 spiro atoms. The van der Waals surface area contributed by atoms with Crippen LogP contribution >= 0.6 is 0 Å². The van der Waals surface area contributed by atoms with E-state index in [-0.39, 0.29) is 12.7 Å². The molecule has 7 heteroatoms. The summed E-state index contributed by atoms with van der Waals surface area (Å²) in [7, 11) is 0. The van der Waals surface area contributed by atoms with Crippen molar-refractivity contribution in [3.05, 3.63) is 48.0 Å². The fraction of sp³-hybridized carbons (Fsp3) is 0.500. The summed E-state index contributed by atoms with van der Waals surface area (Å²) in [5.41, 5.74) is 0.963. The van der Waals surface area contributed by atoms with E-state index >= 15 is 0 Å². The van der Waals surface area contributed by atoms with Crippen molar-refractivity contribution in [1.29, 1.82) is 5.41 Å². The summed E-state index contributed by atoms with van der Waals surface area (Å²) in [5.74, 6) is -1.61. The average Bonchev–Trinajstić information content (AvgIpc) is 2.54. The number of benzene rings is 1. The highest BCUT2D eigenvalue weighted by Gasteiger charge is 2.38. The SMILES string of the molecule is CC(C)/C=C/[C@@H](OC(=N)C(F)(F)F)[C@H](C)OCOCc1ccccc1. The molecule has 0 bridgehead atoms. The van der Waals surface area contributed by atoms with E-state index in [1.54, 1.807) is 13.0 Å². The zero-order valence-electron chi connectivity index (χ0n) is 14.5. The van der Waals surface area contributed by atoms with Crippen molar-refractivity contribution in [3.8, 4) is 0 Å². The van der Waals surface area contributed by atoms with Crippen LogP contribution in [0.3, 0.4) is 0 Å². The van der Waals surface area contributed by atoms with Crippen molar-refractivity contribution in [1.82, 2.24) is 0 Å². The predicted molar refractivity (Wildman–Crippen MR) is 89.3 cm³/mol. The zero-order chi connectivity index (χ0) is 18.9. The molecular weight excluding hydrogens is 335 g/mol. The van der Waals surface area contributed by atoms with Gasteiger partial charge in [-0.2, -0.15) is 13.2 Å². The molecule has 0 amide bonds. The van der Waals surface area contributed by atoms with E-state index in [0.29, 0.717) is 6.61 Å². The van der Waals surface area contributed by atoms with Gasteiger partial charge in [-0.25, -0.2) is 0 Å². The third kappa shape index (κ3) is 8.69. The van der Waals surface area contributed by atoms with Crippen molar-refractivity contribution < 1.29 is 27.4 Å². The predicted octanol–water partition coefficient (Wildman–Crippen LogP) is 4.70. The Kier molecular flexibility index (Phi) is 8.65. The van der Waals surface area contributed by atoms with Crippen LogP contribution in [0.2, 0.25) is 0 Å². The highest BCUT2D eigenvalue weighted by molar-refractivity contribution is 5.78. The van der Waals surface area contributed by atoms with Gasteiger partial charge in [0, 0.05) is 0 Å². The topological polar surface area (TPSA) is 51.5 Å². The molecule has 1 aromatic carbocycles. The van der Waals surface area contributed by atoms with Gasteiger partial charge in [-0.3, -0.25) is 5.41 Å². The fourth-order valence-corrected chi connectivity index (χ4v) is 1.81. The van der Waals surface area contributed by atoms with Gasteiger partial charge in [-0.1, -0.05) is 50.3 Å². The maximum Gasteiger partial charge on any atom is 0.467 e. The summed E-state index contributed by atoms with van der Waals surface area (Å²) >= 11 is 0. The molecule has 0 fully saturated rings. The van der Waals surface area contributed by atoms with Gasteiger partial charge in [0.1, 0.15) is 12.9 Å². The molecule has 0 aromatic heterocycles. The summed E-state index contributed by atoms with van der Waals surface area (Å²) in [6, 6.07) is 9.44. The number of allylic oxidation sites excluding steroid dienone is 1. The molecular formula is C18H24F3NO3. The van der Waals surface area contributed by atoms with Crippen molar-refractivity contribution in [2.24, 2.45) is 5.92 Å². The first-order valence-electron chi connectivity index (χ1n) is 7.94. The third-order valence-corrected chi connectivity index (χ3v) is 3.19. The normalized spacial score (nSPS) is 14.7. The second-order valence-electron chi connectivity index (χ2n) is 5.86. The van der Waals surface area contributed by atoms with Gasteiger partial charge in [0.05, 0.1) is 12.7 Å². The van der Waals surface area contributed by atoms with Crippen LogP contribution in [0, 0.1) is 11.3 Å². The smallest absolute Gasteiger partial charge is 0.464 e. The molecule has 0 saturated carbocycles. The van der Waals surface area contributed by atoms with Crippen molar-refractivity contribution in [3.63, 3.8) is 0 Å². The van der Waals surface area contributed by atoms with Crippen LogP contribution < -0.4 is 0 Å². The van der Waals surface area contributed by atoms with Gasteiger partial charge in [0.15, 0.2) is 0 Å². The van der Waals surface area contributed by atoms with Crippen LogP contribution in [0.1, 0.15) is 26.3 Å². The molecule has 1 aromatic rings. The third-order valence-electron chi connectivity index (χ3n) is 3.19. The summed E-state index contributed by atoms with van der Waals surface area (Å²) in [5, 5.41) is 7.01. The Balaban J connectivity index is 2.53. The van der Waals surface area contributed by atoms with E-state index in [9.17, 15) is 13.2 Å². The molecule has 25 heavy (non-hydrogen) atoms. The standard InChI is InChI=1S/C18H24F3NO3/c1-13(2)9-10-16(25-17(22)18(19,20)21)14(3)24-12-23-11-15-7-5-4-6-8-15/h4-10,13-14,16,22H,11-12H2,1-3H3/b10-9+,22-17?/t14-,16+/m0/s1. The molecule has 2 atom stereocenters. The number of hydrogen-bond donors (Lipinski definition) is 1. The van der Waals surface area contributed by atoms with Crippen molar-refractivity contribution >= 4 is 5.90 Å². The first kappa shape index (κ1) is 21.2. The Hall–Kier alpha value is -1.86. The molecule has 1 rings (SSSR count). The second-order valence-corrected chi connectivity index (χ2v) is 5.86.